The summed E-state index contributed by atoms with van der Waals surface area (Å²) in [6.45, 7) is 6.91. The Morgan fingerprint density at radius 1 is 1.50 bits per heavy atom. The third-order valence-electron chi connectivity index (χ3n) is 3.47. The maximum atomic E-state index is 11.5. The van der Waals surface area contributed by atoms with Crippen LogP contribution in [0.3, 0.4) is 0 Å². The lowest BCUT2D eigenvalue weighted by Crippen LogP contribution is -2.26. The van der Waals surface area contributed by atoms with E-state index in [0.717, 1.165) is 42.9 Å². The maximum absolute atomic E-state index is 11.5. The number of likely N-dealkylation sites (tertiary alicyclic amines) is 1. The average Bonchev–Trinajstić information content (AvgIpc) is 2.77. The van der Waals surface area contributed by atoms with E-state index in [1.165, 1.54) is 0 Å². The molecule has 5 heteroatoms. The van der Waals surface area contributed by atoms with Gasteiger partial charge in [-0.05, 0) is 38.5 Å². The number of nitrogens with two attached hydrogens (primary N) is 1. The van der Waals surface area contributed by atoms with Gasteiger partial charge in [0, 0.05) is 36.8 Å². The maximum Gasteiger partial charge on any atom is 0.159 e. The molecule has 2 N–H and O–H groups in total. The second-order valence-electron chi connectivity index (χ2n) is 5.10. The molecule has 0 radical (unpaired) electrons. The minimum Gasteiger partial charge on any atom is -0.494 e. The Hall–Kier alpha value is -1.10. The monoisotopic (exact) mass is 298 g/mol. The fourth-order valence-corrected chi connectivity index (χ4v) is 2.47. The number of benzene rings is 1. The molecule has 1 fully saturated rings. The zero-order valence-corrected chi connectivity index (χ0v) is 12.9. The molecule has 4 nitrogen and oxygen atoms in total. The smallest absolute Gasteiger partial charge is 0.159 e. The average molecular weight is 299 g/mol. The van der Waals surface area contributed by atoms with Crippen molar-refractivity contribution in [3.05, 3.63) is 29.3 Å². The van der Waals surface area contributed by atoms with Crippen LogP contribution in [0.4, 0.5) is 0 Å². The Kier molecular flexibility index (Phi) is 6.46. The van der Waals surface area contributed by atoms with E-state index in [9.17, 15) is 4.79 Å². The van der Waals surface area contributed by atoms with E-state index in [2.05, 4.69) is 4.90 Å². The van der Waals surface area contributed by atoms with Gasteiger partial charge in [0.1, 0.15) is 5.75 Å². The summed E-state index contributed by atoms with van der Waals surface area (Å²) < 4.78 is 5.64. The summed E-state index contributed by atoms with van der Waals surface area (Å²) in [4.78, 5) is 13.8. The van der Waals surface area contributed by atoms with Crippen LogP contribution >= 0.6 is 12.4 Å². The molecule has 1 atom stereocenters. The van der Waals surface area contributed by atoms with Crippen molar-refractivity contribution in [2.75, 3.05) is 19.7 Å². The molecule has 1 saturated heterocycles. The van der Waals surface area contributed by atoms with E-state index in [-0.39, 0.29) is 24.2 Å². The molecule has 2 rings (SSSR count). The summed E-state index contributed by atoms with van der Waals surface area (Å²) in [7, 11) is 0. The van der Waals surface area contributed by atoms with Crippen LogP contribution < -0.4 is 10.5 Å². The number of carbonyl (C=O) groups excluding carboxylic acids is 1. The van der Waals surface area contributed by atoms with Gasteiger partial charge in [-0.2, -0.15) is 0 Å². The topological polar surface area (TPSA) is 55.6 Å². The van der Waals surface area contributed by atoms with Crippen LogP contribution in [0.5, 0.6) is 5.75 Å². The number of rotatable bonds is 5. The van der Waals surface area contributed by atoms with E-state index in [4.69, 9.17) is 10.5 Å². The molecule has 0 bridgehead atoms. The van der Waals surface area contributed by atoms with Crippen LogP contribution in [0.2, 0.25) is 0 Å². The number of ether oxygens (including phenoxy) is 1. The zero-order valence-electron chi connectivity index (χ0n) is 12.1. The lowest BCUT2D eigenvalue weighted by Gasteiger charge is -2.18. The van der Waals surface area contributed by atoms with Crippen LogP contribution in [-0.4, -0.2) is 36.4 Å². The van der Waals surface area contributed by atoms with Gasteiger partial charge in [-0.25, -0.2) is 0 Å². The van der Waals surface area contributed by atoms with Crippen LogP contribution in [0, 0.1) is 0 Å². The van der Waals surface area contributed by atoms with Crippen LogP contribution in [-0.2, 0) is 6.54 Å². The summed E-state index contributed by atoms with van der Waals surface area (Å²) in [5.41, 5.74) is 7.74. The summed E-state index contributed by atoms with van der Waals surface area (Å²) in [5.74, 6) is 0.954. The Bertz CT molecular complexity index is 465. The molecule has 1 heterocycles. The van der Waals surface area contributed by atoms with Gasteiger partial charge in [0.15, 0.2) is 5.78 Å². The Morgan fingerprint density at radius 2 is 2.25 bits per heavy atom. The minimum absolute atomic E-state index is 0. The first-order chi connectivity index (χ1) is 9.10. The van der Waals surface area contributed by atoms with Crippen LogP contribution in [0.1, 0.15) is 36.2 Å². The quantitative estimate of drug-likeness (QED) is 0.847. The molecule has 0 spiro atoms. The van der Waals surface area contributed by atoms with Crippen molar-refractivity contribution in [2.24, 2.45) is 5.73 Å². The highest BCUT2D eigenvalue weighted by Gasteiger charge is 2.20. The van der Waals surface area contributed by atoms with Crippen LogP contribution in [0.25, 0.3) is 0 Å². The van der Waals surface area contributed by atoms with Crippen molar-refractivity contribution in [1.82, 2.24) is 4.90 Å². The van der Waals surface area contributed by atoms with Crippen molar-refractivity contribution in [2.45, 2.75) is 32.9 Å². The molecule has 1 aromatic carbocycles. The summed E-state index contributed by atoms with van der Waals surface area (Å²) in [5, 5.41) is 0. The van der Waals surface area contributed by atoms with E-state index in [0.29, 0.717) is 6.61 Å². The van der Waals surface area contributed by atoms with Gasteiger partial charge in [0.25, 0.3) is 0 Å². The van der Waals surface area contributed by atoms with Gasteiger partial charge < -0.3 is 10.5 Å². The number of ketones is 1. The Balaban J connectivity index is 0.00000200. The Morgan fingerprint density at radius 3 is 2.80 bits per heavy atom. The molecule has 0 amide bonds. The van der Waals surface area contributed by atoms with Crippen molar-refractivity contribution in [1.29, 1.82) is 0 Å². The number of Topliss-reactive ketones (excluding diaryl/α,β-unsaturated/α-hetero) is 1. The largest absolute Gasteiger partial charge is 0.494 e. The molecule has 0 aliphatic carbocycles. The number of halogens is 1. The normalized spacial score (nSPS) is 18.6. The molecule has 1 aromatic rings. The van der Waals surface area contributed by atoms with E-state index < -0.39 is 0 Å². The minimum atomic E-state index is 0. The number of carbonyl (C=O) groups is 1. The van der Waals surface area contributed by atoms with Gasteiger partial charge >= 0.3 is 0 Å². The number of nitrogens with zero attached hydrogens (tertiary/aromatic N) is 1. The first kappa shape index (κ1) is 17.0. The van der Waals surface area contributed by atoms with Crippen molar-refractivity contribution < 1.29 is 9.53 Å². The van der Waals surface area contributed by atoms with E-state index >= 15 is 0 Å². The highest BCUT2D eigenvalue weighted by molar-refractivity contribution is 5.94. The van der Waals surface area contributed by atoms with E-state index in [1.807, 2.05) is 25.1 Å². The highest BCUT2D eigenvalue weighted by atomic mass is 35.5. The van der Waals surface area contributed by atoms with Gasteiger partial charge in [-0.3, -0.25) is 9.69 Å². The molecule has 1 aliphatic rings. The van der Waals surface area contributed by atoms with E-state index in [1.54, 1.807) is 6.92 Å². The predicted molar refractivity (Wildman–Crippen MR) is 82.7 cm³/mol. The summed E-state index contributed by atoms with van der Waals surface area (Å²) in [6.07, 6.45) is 1.04. The lowest BCUT2D eigenvalue weighted by atomic mass is 10.1. The molecular formula is C15H23ClN2O2. The van der Waals surface area contributed by atoms with Crippen molar-refractivity contribution >= 4 is 18.2 Å². The zero-order chi connectivity index (χ0) is 13.8. The molecular weight excluding hydrogens is 276 g/mol. The first-order valence-corrected chi connectivity index (χ1v) is 6.84. The van der Waals surface area contributed by atoms with Crippen LogP contribution in [0.15, 0.2) is 18.2 Å². The fourth-order valence-electron chi connectivity index (χ4n) is 2.47. The predicted octanol–water partition coefficient (Wildman–Crippen LogP) is 2.24. The fraction of sp³-hybridized carbons (Fsp3) is 0.533. The summed E-state index contributed by atoms with van der Waals surface area (Å²) in [6, 6.07) is 5.93. The molecule has 112 valence electrons. The third kappa shape index (κ3) is 4.20. The highest BCUT2D eigenvalue weighted by Crippen LogP contribution is 2.24. The standard InChI is InChI=1S/C15H22N2O2.ClH/c1-3-19-15-5-4-12(11(2)18)8-13(15)9-17-7-6-14(16)10-17;/h4-5,8,14H,3,6-7,9-10,16H2,1-2H3;1H/t14-;/m1./s1. The first-order valence-electron chi connectivity index (χ1n) is 6.84. The lowest BCUT2D eigenvalue weighted by molar-refractivity contribution is 0.101. The second kappa shape index (κ2) is 7.62. The van der Waals surface area contributed by atoms with Gasteiger partial charge in [0.2, 0.25) is 0 Å². The van der Waals surface area contributed by atoms with Gasteiger partial charge in [0.05, 0.1) is 6.61 Å². The van der Waals surface area contributed by atoms with Gasteiger partial charge in [-0.15, -0.1) is 12.4 Å². The summed E-state index contributed by atoms with van der Waals surface area (Å²) >= 11 is 0. The molecule has 1 aliphatic heterocycles. The molecule has 0 saturated carbocycles. The van der Waals surface area contributed by atoms with Crippen molar-refractivity contribution in [3.8, 4) is 5.75 Å². The third-order valence-corrected chi connectivity index (χ3v) is 3.47. The SMILES string of the molecule is CCOc1ccc(C(C)=O)cc1CN1CC[C@@H](N)C1.Cl. The molecule has 20 heavy (non-hydrogen) atoms. The van der Waals surface area contributed by atoms with Gasteiger partial charge in [-0.1, -0.05) is 0 Å². The molecule has 0 aromatic heterocycles. The Labute approximate surface area is 126 Å². The van der Waals surface area contributed by atoms with Crippen molar-refractivity contribution in [3.63, 3.8) is 0 Å². The number of hydrogen-bond acceptors (Lipinski definition) is 4. The molecule has 0 unspecified atom stereocenters. The number of hydrogen-bond donors (Lipinski definition) is 1. The second-order valence-corrected chi connectivity index (χ2v) is 5.10.